The Kier molecular flexibility index (Phi) is 4.04. The lowest BCUT2D eigenvalue weighted by molar-refractivity contribution is -0.122. The van der Waals surface area contributed by atoms with Gasteiger partial charge in [-0.15, -0.1) is 0 Å². The number of fused-ring (bicyclic) bond motifs is 3. The smallest absolute Gasteiger partial charge is 0.220 e. The highest BCUT2D eigenvalue weighted by Gasteiger charge is 2.34. The van der Waals surface area contributed by atoms with Crippen LogP contribution in [0.2, 0.25) is 0 Å². The second-order valence-corrected chi connectivity index (χ2v) is 7.25. The zero-order valence-electron chi connectivity index (χ0n) is 13.9. The molecule has 2 fully saturated rings. The number of nitrogens with one attached hydrogen (secondary N) is 2. The standard InChI is InChI=1S/C19H23FN2O2/c1-11-16-9-13(20)2-5-17(16)24-18(11)10-21-19(23)8-12-6-14-3-4-15(7-12)22-14/h2,5,9,12,14-15,22H,3-4,6-8,10H2,1H3,(H,21,23). The number of piperidine rings is 1. The van der Waals surface area contributed by atoms with Crippen LogP contribution in [-0.4, -0.2) is 18.0 Å². The fourth-order valence-corrected chi connectivity index (χ4v) is 4.27. The van der Waals surface area contributed by atoms with Gasteiger partial charge in [0, 0.05) is 29.5 Å². The van der Waals surface area contributed by atoms with Crippen LogP contribution < -0.4 is 10.6 Å². The van der Waals surface area contributed by atoms with E-state index in [9.17, 15) is 9.18 Å². The van der Waals surface area contributed by atoms with E-state index in [-0.39, 0.29) is 11.7 Å². The summed E-state index contributed by atoms with van der Waals surface area (Å²) < 4.78 is 19.1. The van der Waals surface area contributed by atoms with Crippen LogP contribution >= 0.6 is 0 Å². The monoisotopic (exact) mass is 330 g/mol. The van der Waals surface area contributed by atoms with Gasteiger partial charge in [0.2, 0.25) is 5.91 Å². The number of rotatable bonds is 4. The minimum atomic E-state index is -0.275. The molecule has 5 heteroatoms. The van der Waals surface area contributed by atoms with Gasteiger partial charge in [0.25, 0.3) is 0 Å². The molecule has 2 saturated heterocycles. The van der Waals surface area contributed by atoms with Crippen LogP contribution in [0, 0.1) is 18.7 Å². The quantitative estimate of drug-likeness (QED) is 0.903. The number of carbonyl (C=O) groups excluding carboxylic acids is 1. The highest BCUT2D eigenvalue weighted by molar-refractivity contribution is 5.82. The van der Waals surface area contributed by atoms with E-state index in [1.54, 1.807) is 6.07 Å². The van der Waals surface area contributed by atoms with E-state index in [0.29, 0.717) is 42.3 Å². The molecule has 4 rings (SSSR count). The molecule has 0 spiro atoms. The SMILES string of the molecule is Cc1c(CNC(=O)CC2CC3CCC(C2)N3)oc2ccc(F)cc12. The van der Waals surface area contributed by atoms with E-state index < -0.39 is 0 Å². The van der Waals surface area contributed by atoms with Gasteiger partial charge >= 0.3 is 0 Å². The van der Waals surface area contributed by atoms with Crippen molar-refractivity contribution in [1.82, 2.24) is 10.6 Å². The van der Waals surface area contributed by atoms with Crippen molar-refractivity contribution in [3.8, 4) is 0 Å². The molecule has 0 radical (unpaired) electrons. The largest absolute Gasteiger partial charge is 0.459 e. The summed E-state index contributed by atoms with van der Waals surface area (Å²) in [7, 11) is 0. The van der Waals surface area contributed by atoms with Crippen LogP contribution in [0.5, 0.6) is 0 Å². The first kappa shape index (κ1) is 15.6. The molecule has 0 aliphatic carbocycles. The Hall–Kier alpha value is -1.88. The van der Waals surface area contributed by atoms with Gasteiger partial charge in [-0.1, -0.05) is 0 Å². The van der Waals surface area contributed by atoms with Crippen molar-refractivity contribution in [3.63, 3.8) is 0 Å². The van der Waals surface area contributed by atoms with Gasteiger partial charge in [0.1, 0.15) is 17.2 Å². The number of hydrogen-bond acceptors (Lipinski definition) is 3. The van der Waals surface area contributed by atoms with E-state index in [0.717, 1.165) is 23.8 Å². The van der Waals surface area contributed by atoms with Crippen LogP contribution in [0.3, 0.4) is 0 Å². The third-order valence-corrected chi connectivity index (χ3v) is 5.49. The number of amides is 1. The second-order valence-electron chi connectivity index (χ2n) is 7.25. The number of benzene rings is 1. The molecular weight excluding hydrogens is 307 g/mol. The fourth-order valence-electron chi connectivity index (χ4n) is 4.27. The predicted octanol–water partition coefficient (Wildman–Crippen LogP) is 3.42. The molecule has 0 saturated carbocycles. The van der Waals surface area contributed by atoms with Crippen LogP contribution in [0.25, 0.3) is 11.0 Å². The fraction of sp³-hybridized carbons (Fsp3) is 0.526. The first-order chi connectivity index (χ1) is 11.6. The summed E-state index contributed by atoms with van der Waals surface area (Å²) in [5.41, 5.74) is 1.55. The predicted molar refractivity (Wildman–Crippen MR) is 90.0 cm³/mol. The molecule has 2 N–H and O–H groups in total. The maximum atomic E-state index is 13.4. The number of hydrogen-bond donors (Lipinski definition) is 2. The van der Waals surface area contributed by atoms with Crippen LogP contribution in [0.4, 0.5) is 4.39 Å². The van der Waals surface area contributed by atoms with Crippen molar-refractivity contribution < 1.29 is 13.6 Å². The van der Waals surface area contributed by atoms with Crippen LogP contribution in [0.15, 0.2) is 22.6 Å². The molecule has 2 bridgehead atoms. The van der Waals surface area contributed by atoms with Gasteiger partial charge in [-0.3, -0.25) is 4.79 Å². The molecule has 2 unspecified atom stereocenters. The molecule has 1 aromatic heterocycles. The Morgan fingerprint density at radius 1 is 1.33 bits per heavy atom. The van der Waals surface area contributed by atoms with Gasteiger partial charge in [-0.05, 0) is 56.7 Å². The summed E-state index contributed by atoms with van der Waals surface area (Å²) in [5, 5.41) is 7.34. The summed E-state index contributed by atoms with van der Waals surface area (Å²) in [5.74, 6) is 0.985. The van der Waals surface area contributed by atoms with Crippen molar-refractivity contribution in [3.05, 3.63) is 35.3 Å². The average Bonchev–Trinajstić information content (AvgIpc) is 3.05. The summed E-state index contributed by atoms with van der Waals surface area (Å²) in [6.07, 6.45) is 5.29. The van der Waals surface area contributed by atoms with Crippen LogP contribution in [0.1, 0.15) is 43.4 Å². The molecule has 24 heavy (non-hydrogen) atoms. The molecule has 2 aromatic rings. The maximum absolute atomic E-state index is 13.4. The molecular formula is C19H23FN2O2. The van der Waals surface area contributed by atoms with E-state index in [1.165, 1.54) is 25.0 Å². The number of furan rings is 1. The highest BCUT2D eigenvalue weighted by Crippen LogP contribution is 2.32. The second kappa shape index (κ2) is 6.20. The van der Waals surface area contributed by atoms with E-state index >= 15 is 0 Å². The van der Waals surface area contributed by atoms with Gasteiger partial charge in [-0.25, -0.2) is 4.39 Å². The lowest BCUT2D eigenvalue weighted by Gasteiger charge is -2.28. The van der Waals surface area contributed by atoms with E-state index in [1.807, 2.05) is 6.92 Å². The number of halogens is 1. The summed E-state index contributed by atoms with van der Waals surface area (Å²) in [4.78, 5) is 12.3. The van der Waals surface area contributed by atoms with Crippen molar-refractivity contribution in [2.45, 2.75) is 57.7 Å². The lowest BCUT2D eigenvalue weighted by atomic mass is 9.89. The van der Waals surface area contributed by atoms with Crippen LogP contribution in [-0.2, 0) is 11.3 Å². The zero-order valence-corrected chi connectivity index (χ0v) is 13.9. The third kappa shape index (κ3) is 3.05. The molecule has 1 amide bonds. The Balaban J connectivity index is 1.36. The number of aryl methyl sites for hydroxylation is 1. The minimum absolute atomic E-state index is 0.0762. The third-order valence-electron chi connectivity index (χ3n) is 5.49. The summed E-state index contributed by atoms with van der Waals surface area (Å²) >= 11 is 0. The molecule has 128 valence electrons. The minimum Gasteiger partial charge on any atom is -0.459 e. The lowest BCUT2D eigenvalue weighted by Crippen LogP contribution is -2.39. The molecule has 2 atom stereocenters. The Morgan fingerprint density at radius 2 is 2.08 bits per heavy atom. The van der Waals surface area contributed by atoms with Crippen molar-refractivity contribution in [2.75, 3.05) is 0 Å². The summed E-state index contributed by atoms with van der Waals surface area (Å²) in [6.45, 7) is 2.26. The van der Waals surface area contributed by atoms with E-state index in [2.05, 4.69) is 10.6 Å². The zero-order chi connectivity index (χ0) is 16.7. The van der Waals surface area contributed by atoms with E-state index in [4.69, 9.17) is 4.42 Å². The number of carbonyl (C=O) groups is 1. The molecule has 3 heterocycles. The van der Waals surface area contributed by atoms with Crippen molar-refractivity contribution >= 4 is 16.9 Å². The maximum Gasteiger partial charge on any atom is 0.220 e. The van der Waals surface area contributed by atoms with Gasteiger partial charge in [0.15, 0.2) is 0 Å². The first-order valence-corrected chi connectivity index (χ1v) is 8.79. The molecule has 1 aromatic carbocycles. The average molecular weight is 330 g/mol. The molecule has 2 aliphatic rings. The summed E-state index contributed by atoms with van der Waals surface area (Å²) in [6, 6.07) is 5.71. The van der Waals surface area contributed by atoms with Gasteiger partial charge in [0.05, 0.1) is 6.54 Å². The van der Waals surface area contributed by atoms with Gasteiger partial charge in [-0.2, -0.15) is 0 Å². The Labute approximate surface area is 140 Å². The normalized spacial score (nSPS) is 26.0. The van der Waals surface area contributed by atoms with Crippen molar-refractivity contribution in [2.24, 2.45) is 5.92 Å². The molecule has 4 nitrogen and oxygen atoms in total. The van der Waals surface area contributed by atoms with Crippen molar-refractivity contribution in [1.29, 1.82) is 0 Å². The highest BCUT2D eigenvalue weighted by atomic mass is 19.1. The van der Waals surface area contributed by atoms with Gasteiger partial charge < -0.3 is 15.1 Å². The molecule has 2 aliphatic heterocycles. The Morgan fingerprint density at radius 3 is 2.83 bits per heavy atom. The Bertz CT molecular complexity index is 758. The topological polar surface area (TPSA) is 54.3 Å². The first-order valence-electron chi connectivity index (χ1n) is 8.79.